The molecule has 1 aromatic carbocycles. The van der Waals surface area contributed by atoms with Crippen LogP contribution in [0.15, 0.2) is 12.1 Å². The van der Waals surface area contributed by atoms with Crippen molar-refractivity contribution in [2.45, 2.75) is 20.3 Å². The lowest BCUT2D eigenvalue weighted by molar-refractivity contribution is -0.120. The lowest BCUT2D eigenvalue weighted by Gasteiger charge is -2.19. The van der Waals surface area contributed by atoms with Gasteiger partial charge in [0.05, 0.1) is 11.3 Å². The van der Waals surface area contributed by atoms with Crippen LogP contribution in [0.2, 0.25) is 0 Å². The lowest BCUT2D eigenvalue weighted by atomic mass is 10.0. The van der Waals surface area contributed by atoms with Gasteiger partial charge in [-0.3, -0.25) is 14.4 Å². The average molecular weight is 260 g/mol. The van der Waals surface area contributed by atoms with E-state index in [9.17, 15) is 14.4 Å². The van der Waals surface area contributed by atoms with Crippen LogP contribution >= 0.6 is 0 Å². The van der Waals surface area contributed by atoms with Gasteiger partial charge in [-0.05, 0) is 31.0 Å². The van der Waals surface area contributed by atoms with Crippen molar-refractivity contribution in [2.24, 2.45) is 0 Å². The summed E-state index contributed by atoms with van der Waals surface area (Å²) in [5.74, 6) is -1.19. The quantitative estimate of drug-likeness (QED) is 0.823. The highest BCUT2D eigenvalue weighted by Crippen LogP contribution is 2.34. The Labute approximate surface area is 111 Å². The Balaban J connectivity index is 2.37. The molecule has 100 valence electrons. The number of aryl methyl sites for hydroxylation is 1. The molecule has 1 N–H and O–H groups in total. The van der Waals surface area contributed by atoms with Crippen LogP contribution in [-0.2, 0) is 9.59 Å². The van der Waals surface area contributed by atoms with E-state index in [0.29, 0.717) is 11.3 Å². The first kappa shape index (κ1) is 13.3. The van der Waals surface area contributed by atoms with Crippen molar-refractivity contribution >= 4 is 23.3 Å². The number of fused-ring (bicyclic) bond motifs is 1. The monoisotopic (exact) mass is 260 g/mol. The number of hydrogen-bond acceptors (Lipinski definition) is 3. The summed E-state index contributed by atoms with van der Waals surface area (Å²) < 4.78 is 0. The molecule has 0 saturated heterocycles. The van der Waals surface area contributed by atoms with E-state index in [0.717, 1.165) is 11.1 Å². The largest absolute Gasteiger partial charge is 0.359 e. The summed E-state index contributed by atoms with van der Waals surface area (Å²) in [4.78, 5) is 36.6. The predicted molar refractivity (Wildman–Crippen MR) is 71.3 cm³/mol. The number of benzene rings is 1. The zero-order valence-corrected chi connectivity index (χ0v) is 11.2. The number of carbonyl (C=O) groups excluding carboxylic acids is 3. The normalized spacial score (nSPS) is 13.7. The van der Waals surface area contributed by atoms with Crippen molar-refractivity contribution in [1.82, 2.24) is 5.32 Å². The van der Waals surface area contributed by atoms with Crippen LogP contribution < -0.4 is 10.2 Å². The zero-order valence-electron chi connectivity index (χ0n) is 11.2. The number of rotatable bonds is 3. The molecule has 1 heterocycles. The third kappa shape index (κ3) is 2.12. The van der Waals surface area contributed by atoms with Gasteiger partial charge in [-0.15, -0.1) is 0 Å². The van der Waals surface area contributed by atoms with Crippen LogP contribution in [0.1, 0.15) is 27.9 Å². The average Bonchev–Trinajstić information content (AvgIpc) is 2.65. The molecule has 0 bridgehead atoms. The first-order chi connectivity index (χ1) is 8.97. The van der Waals surface area contributed by atoms with E-state index in [1.165, 1.54) is 4.90 Å². The molecule has 5 nitrogen and oxygen atoms in total. The van der Waals surface area contributed by atoms with Crippen molar-refractivity contribution < 1.29 is 14.4 Å². The van der Waals surface area contributed by atoms with Gasteiger partial charge in [0.15, 0.2) is 0 Å². The Hall–Kier alpha value is -2.17. The molecular weight excluding hydrogens is 244 g/mol. The fourth-order valence-electron chi connectivity index (χ4n) is 2.22. The van der Waals surface area contributed by atoms with Crippen LogP contribution in [0.3, 0.4) is 0 Å². The third-order valence-electron chi connectivity index (χ3n) is 3.50. The number of ketones is 1. The van der Waals surface area contributed by atoms with Crippen molar-refractivity contribution in [3.63, 3.8) is 0 Å². The molecule has 2 amide bonds. The maximum Gasteiger partial charge on any atom is 0.299 e. The predicted octanol–water partition coefficient (Wildman–Crippen LogP) is 0.969. The Bertz CT molecular complexity index is 578. The lowest BCUT2D eigenvalue weighted by Crippen LogP contribution is -2.34. The number of nitrogens with one attached hydrogen (secondary N) is 1. The van der Waals surface area contributed by atoms with Crippen molar-refractivity contribution in [3.05, 3.63) is 28.8 Å². The van der Waals surface area contributed by atoms with Crippen molar-refractivity contribution in [3.8, 4) is 0 Å². The molecule has 2 rings (SSSR count). The molecule has 0 spiro atoms. The fraction of sp³-hybridized carbons (Fsp3) is 0.357. The van der Waals surface area contributed by atoms with Crippen LogP contribution in [0.5, 0.6) is 0 Å². The van der Waals surface area contributed by atoms with Gasteiger partial charge in [0.2, 0.25) is 5.91 Å². The molecule has 19 heavy (non-hydrogen) atoms. The van der Waals surface area contributed by atoms with Crippen LogP contribution in [0.25, 0.3) is 0 Å². The highest BCUT2D eigenvalue weighted by molar-refractivity contribution is 6.52. The summed E-state index contributed by atoms with van der Waals surface area (Å²) >= 11 is 0. The zero-order chi connectivity index (χ0) is 14.2. The van der Waals surface area contributed by atoms with Gasteiger partial charge in [0, 0.05) is 20.0 Å². The van der Waals surface area contributed by atoms with Crippen LogP contribution in [0, 0.1) is 13.8 Å². The van der Waals surface area contributed by atoms with E-state index in [2.05, 4.69) is 5.32 Å². The minimum Gasteiger partial charge on any atom is -0.359 e. The molecule has 0 radical (unpaired) electrons. The summed E-state index contributed by atoms with van der Waals surface area (Å²) in [5.41, 5.74) is 3.02. The molecule has 1 aliphatic rings. The second-order valence-corrected chi connectivity index (χ2v) is 4.61. The molecule has 0 fully saturated rings. The maximum atomic E-state index is 12.0. The van der Waals surface area contributed by atoms with E-state index >= 15 is 0 Å². The van der Waals surface area contributed by atoms with Crippen molar-refractivity contribution in [1.29, 1.82) is 0 Å². The minimum atomic E-state index is -0.549. The molecule has 0 atom stereocenters. The highest BCUT2D eigenvalue weighted by Gasteiger charge is 2.37. The number of nitrogens with zero attached hydrogens (tertiary/aromatic N) is 1. The molecule has 1 aliphatic heterocycles. The van der Waals surface area contributed by atoms with E-state index in [1.807, 2.05) is 19.9 Å². The first-order valence-corrected chi connectivity index (χ1v) is 6.14. The van der Waals surface area contributed by atoms with Gasteiger partial charge >= 0.3 is 0 Å². The summed E-state index contributed by atoms with van der Waals surface area (Å²) in [6.45, 7) is 4.04. The molecule has 5 heteroatoms. The molecule has 0 aliphatic carbocycles. The van der Waals surface area contributed by atoms with E-state index < -0.39 is 11.7 Å². The van der Waals surface area contributed by atoms with Gasteiger partial charge in [0.25, 0.3) is 11.7 Å². The van der Waals surface area contributed by atoms with Crippen LogP contribution in [0.4, 0.5) is 5.69 Å². The number of hydrogen-bond donors (Lipinski definition) is 1. The van der Waals surface area contributed by atoms with E-state index in [-0.39, 0.29) is 18.9 Å². The molecule has 0 saturated carbocycles. The van der Waals surface area contributed by atoms with Crippen molar-refractivity contribution in [2.75, 3.05) is 18.5 Å². The third-order valence-corrected chi connectivity index (χ3v) is 3.50. The van der Waals surface area contributed by atoms with Gasteiger partial charge in [0.1, 0.15) is 0 Å². The molecule has 0 aromatic heterocycles. The second-order valence-electron chi connectivity index (χ2n) is 4.61. The van der Waals surface area contributed by atoms with Gasteiger partial charge < -0.3 is 10.2 Å². The maximum absolute atomic E-state index is 12.0. The van der Waals surface area contributed by atoms with Gasteiger partial charge in [-0.25, -0.2) is 0 Å². The van der Waals surface area contributed by atoms with Gasteiger partial charge in [-0.1, -0.05) is 6.07 Å². The highest BCUT2D eigenvalue weighted by atomic mass is 16.2. The number of anilines is 1. The first-order valence-electron chi connectivity index (χ1n) is 6.14. The molecule has 1 aromatic rings. The number of carbonyl (C=O) groups is 3. The standard InChI is InChI=1S/C14H16N2O3/c1-8-4-5-10-12(9(8)2)16(14(19)13(10)18)7-6-11(17)15-3/h4-5H,6-7H2,1-3H3,(H,15,17). The number of Topliss-reactive ketones (excluding diaryl/α,β-unsaturated/α-hetero) is 1. The van der Waals surface area contributed by atoms with E-state index in [4.69, 9.17) is 0 Å². The summed E-state index contributed by atoms with van der Waals surface area (Å²) in [6, 6.07) is 3.51. The molecular formula is C14H16N2O3. The minimum absolute atomic E-state index is 0.154. The molecule has 0 unspecified atom stereocenters. The summed E-state index contributed by atoms with van der Waals surface area (Å²) in [5, 5.41) is 2.50. The second kappa shape index (κ2) is 4.84. The van der Waals surface area contributed by atoms with Crippen LogP contribution in [-0.4, -0.2) is 31.2 Å². The Morgan fingerprint density at radius 1 is 1.26 bits per heavy atom. The van der Waals surface area contributed by atoms with E-state index in [1.54, 1.807) is 13.1 Å². The Morgan fingerprint density at radius 3 is 2.58 bits per heavy atom. The smallest absolute Gasteiger partial charge is 0.299 e. The SMILES string of the molecule is CNC(=O)CCN1C(=O)C(=O)c2ccc(C)c(C)c21. The topological polar surface area (TPSA) is 66.5 Å². The summed E-state index contributed by atoms with van der Waals surface area (Å²) in [7, 11) is 1.54. The summed E-state index contributed by atoms with van der Waals surface area (Å²) in [6.07, 6.45) is 0.183. The van der Waals surface area contributed by atoms with Gasteiger partial charge in [-0.2, -0.15) is 0 Å². The Morgan fingerprint density at radius 2 is 1.95 bits per heavy atom. The number of amides is 2. The Kier molecular flexibility index (Phi) is 3.38. The fourth-order valence-corrected chi connectivity index (χ4v) is 2.22.